The van der Waals surface area contributed by atoms with Crippen LogP contribution in [-0.2, 0) is 18.4 Å². The highest BCUT2D eigenvalue weighted by Crippen LogP contribution is 2.53. The molecule has 8 nitrogen and oxygen atoms in total. The molecule has 2 aromatic carbocycles. The number of hydrogen-bond donors (Lipinski definition) is 2. The van der Waals surface area contributed by atoms with E-state index in [0.29, 0.717) is 11.1 Å². The Balaban J connectivity index is 1.43. The number of aryl methyl sites for hydroxylation is 4. The summed E-state index contributed by atoms with van der Waals surface area (Å²) in [6, 6.07) is 12.7. The van der Waals surface area contributed by atoms with Crippen molar-refractivity contribution in [3.63, 3.8) is 0 Å². The number of nitrogens with one attached hydrogen (secondary N) is 2. The number of hydrogen-bond acceptors (Lipinski definition) is 4. The largest absolute Gasteiger partial charge is 0.348 e. The van der Waals surface area contributed by atoms with Gasteiger partial charge in [0, 0.05) is 42.9 Å². The number of carbonyl (C=O) groups is 2. The molecule has 2 amide bonds. The van der Waals surface area contributed by atoms with Crippen LogP contribution in [-0.4, -0.2) is 31.5 Å². The zero-order valence-electron chi connectivity index (χ0n) is 24.4. The lowest BCUT2D eigenvalue weighted by molar-refractivity contribution is -0.131. The Morgan fingerprint density at radius 1 is 0.976 bits per heavy atom. The van der Waals surface area contributed by atoms with Crippen molar-refractivity contribution in [3.8, 4) is 22.4 Å². The van der Waals surface area contributed by atoms with Gasteiger partial charge < -0.3 is 15.2 Å². The first-order valence-corrected chi connectivity index (χ1v) is 14.1. The number of benzene rings is 2. The summed E-state index contributed by atoms with van der Waals surface area (Å²) in [4.78, 5) is 43.5. The molecule has 2 aliphatic heterocycles. The van der Waals surface area contributed by atoms with E-state index in [1.165, 1.54) is 11.1 Å². The molecule has 2 aromatic heterocycles. The van der Waals surface area contributed by atoms with Crippen LogP contribution in [0.3, 0.4) is 0 Å². The molecule has 2 N–H and O–H groups in total. The lowest BCUT2D eigenvalue weighted by Crippen LogP contribution is -2.28. The summed E-state index contributed by atoms with van der Waals surface area (Å²) in [7, 11) is 1.91. The van der Waals surface area contributed by atoms with Crippen molar-refractivity contribution in [3.05, 3.63) is 97.6 Å². The fourth-order valence-electron chi connectivity index (χ4n) is 6.87. The van der Waals surface area contributed by atoms with Crippen molar-refractivity contribution < 1.29 is 9.59 Å². The van der Waals surface area contributed by atoms with Gasteiger partial charge in [-0.05, 0) is 104 Å². The second-order valence-corrected chi connectivity index (χ2v) is 11.5. The number of amides is 2. The molecule has 0 aliphatic carbocycles. The molecule has 8 heteroatoms. The SMILES string of the molecule is CC(=O)N1C2CCC1c1cc(-c3cc(C(=O)NCc4c(C)cc(C)[nH]c4=O)c(C)c(-c4c(C)cnn4C)c3)ccc12. The van der Waals surface area contributed by atoms with Crippen molar-refractivity contribution in [2.75, 3.05) is 0 Å². The van der Waals surface area contributed by atoms with E-state index in [0.717, 1.165) is 57.6 Å². The molecular weight excluding hydrogens is 514 g/mol. The van der Waals surface area contributed by atoms with Gasteiger partial charge in [-0.2, -0.15) is 5.10 Å². The average Bonchev–Trinajstić information content (AvgIpc) is 3.60. The van der Waals surface area contributed by atoms with E-state index in [4.69, 9.17) is 0 Å². The second-order valence-electron chi connectivity index (χ2n) is 11.5. The summed E-state index contributed by atoms with van der Waals surface area (Å²) in [6.45, 7) is 9.48. The number of aromatic nitrogens is 3. The molecular formula is C33H35N5O3. The molecule has 2 atom stereocenters. The van der Waals surface area contributed by atoms with Gasteiger partial charge in [0.25, 0.3) is 11.5 Å². The third-order valence-electron chi connectivity index (χ3n) is 8.84. The van der Waals surface area contributed by atoms with Gasteiger partial charge in [-0.25, -0.2) is 0 Å². The molecule has 41 heavy (non-hydrogen) atoms. The van der Waals surface area contributed by atoms with E-state index in [2.05, 4.69) is 39.7 Å². The fraction of sp³-hybridized carbons (Fsp3) is 0.333. The molecule has 0 radical (unpaired) electrons. The number of H-pyrrole nitrogens is 1. The Morgan fingerprint density at radius 2 is 1.71 bits per heavy atom. The number of rotatable bonds is 5. The summed E-state index contributed by atoms with van der Waals surface area (Å²) < 4.78 is 1.84. The maximum Gasteiger partial charge on any atom is 0.253 e. The number of nitrogens with zero attached hydrogens (tertiary/aromatic N) is 3. The molecule has 1 saturated heterocycles. The minimum absolute atomic E-state index is 0.107. The Kier molecular flexibility index (Phi) is 6.44. The van der Waals surface area contributed by atoms with Gasteiger partial charge in [-0.15, -0.1) is 0 Å². The van der Waals surface area contributed by atoms with E-state index in [1.807, 2.05) is 62.7 Å². The highest BCUT2D eigenvalue weighted by Gasteiger charge is 2.45. The molecule has 2 unspecified atom stereocenters. The molecule has 210 valence electrons. The maximum atomic E-state index is 13.7. The number of aromatic amines is 1. The minimum atomic E-state index is -0.243. The first-order chi connectivity index (χ1) is 19.5. The van der Waals surface area contributed by atoms with Crippen LogP contribution in [0, 0.1) is 27.7 Å². The van der Waals surface area contributed by atoms with Crippen LogP contribution in [0.4, 0.5) is 0 Å². The van der Waals surface area contributed by atoms with E-state index < -0.39 is 0 Å². The van der Waals surface area contributed by atoms with Crippen LogP contribution in [0.1, 0.15) is 81.3 Å². The zero-order valence-corrected chi connectivity index (χ0v) is 24.4. The monoisotopic (exact) mass is 549 g/mol. The average molecular weight is 550 g/mol. The Morgan fingerprint density at radius 3 is 2.37 bits per heavy atom. The third kappa shape index (κ3) is 4.38. The van der Waals surface area contributed by atoms with Crippen molar-refractivity contribution in [2.45, 2.75) is 66.1 Å². The van der Waals surface area contributed by atoms with Gasteiger partial charge in [-0.1, -0.05) is 12.1 Å². The number of fused-ring (bicyclic) bond motifs is 5. The number of carbonyl (C=O) groups excluding carboxylic acids is 2. The molecule has 4 aromatic rings. The van der Waals surface area contributed by atoms with Crippen molar-refractivity contribution >= 4 is 11.8 Å². The van der Waals surface area contributed by atoms with Crippen LogP contribution in [0.25, 0.3) is 22.4 Å². The van der Waals surface area contributed by atoms with Gasteiger partial charge in [-0.3, -0.25) is 19.1 Å². The molecule has 0 saturated carbocycles. The zero-order chi connectivity index (χ0) is 29.2. The summed E-state index contributed by atoms with van der Waals surface area (Å²) in [5, 5.41) is 7.45. The molecule has 0 spiro atoms. The van der Waals surface area contributed by atoms with E-state index >= 15 is 0 Å². The van der Waals surface area contributed by atoms with Gasteiger partial charge >= 0.3 is 0 Å². The quantitative estimate of drug-likeness (QED) is 0.351. The van der Waals surface area contributed by atoms with Crippen molar-refractivity contribution in [1.82, 2.24) is 25.0 Å². The van der Waals surface area contributed by atoms with Crippen molar-refractivity contribution in [2.24, 2.45) is 7.05 Å². The predicted octanol–water partition coefficient (Wildman–Crippen LogP) is 5.34. The summed E-state index contributed by atoms with van der Waals surface area (Å²) >= 11 is 0. The lowest BCUT2D eigenvalue weighted by Gasteiger charge is -2.20. The van der Waals surface area contributed by atoms with E-state index in [1.54, 1.807) is 6.92 Å². The topological polar surface area (TPSA) is 100 Å². The van der Waals surface area contributed by atoms with Crippen LogP contribution < -0.4 is 10.9 Å². The normalized spacial score (nSPS) is 17.2. The molecule has 2 bridgehead atoms. The smallest absolute Gasteiger partial charge is 0.253 e. The summed E-state index contributed by atoms with van der Waals surface area (Å²) in [5.74, 6) is -0.131. The summed E-state index contributed by atoms with van der Waals surface area (Å²) in [5.41, 5.74) is 10.6. The predicted molar refractivity (Wildman–Crippen MR) is 158 cm³/mol. The maximum absolute atomic E-state index is 13.7. The van der Waals surface area contributed by atoms with Gasteiger partial charge in [0.1, 0.15) is 0 Å². The first kappa shape index (κ1) is 26.7. The second kappa shape index (κ2) is 9.87. The highest BCUT2D eigenvalue weighted by atomic mass is 16.2. The van der Waals surface area contributed by atoms with Crippen LogP contribution in [0.15, 0.2) is 47.4 Å². The van der Waals surface area contributed by atoms with Crippen LogP contribution in [0.2, 0.25) is 0 Å². The molecule has 2 aliphatic rings. The molecule has 1 fully saturated rings. The molecule has 6 rings (SSSR count). The van der Waals surface area contributed by atoms with Crippen molar-refractivity contribution in [1.29, 1.82) is 0 Å². The Bertz CT molecular complexity index is 1780. The first-order valence-electron chi connectivity index (χ1n) is 14.1. The Labute approximate surface area is 239 Å². The van der Waals surface area contributed by atoms with Gasteiger partial charge in [0.05, 0.1) is 24.0 Å². The summed E-state index contributed by atoms with van der Waals surface area (Å²) in [6.07, 6.45) is 3.80. The van der Waals surface area contributed by atoms with Crippen LogP contribution >= 0.6 is 0 Å². The third-order valence-corrected chi connectivity index (χ3v) is 8.84. The van der Waals surface area contributed by atoms with E-state index in [9.17, 15) is 14.4 Å². The lowest BCUT2D eigenvalue weighted by atomic mass is 9.87. The van der Waals surface area contributed by atoms with Gasteiger partial charge in [0.15, 0.2) is 0 Å². The Hall–Kier alpha value is -4.46. The minimum Gasteiger partial charge on any atom is -0.348 e. The number of pyridine rings is 1. The van der Waals surface area contributed by atoms with E-state index in [-0.39, 0.29) is 36.0 Å². The standard InChI is InChI=1S/C33H35N5O3/c1-17-11-19(3)36-33(41)28(17)16-34-32(40)26-14-23(13-25(20(26)4)31-18(2)15-35-37(31)6)22-7-8-24-27(12-22)30-10-9-29(24)38(30)21(5)39/h7-8,11-15,29-30H,9-10,16H2,1-6H3,(H,34,40)(H,36,41). The molecule has 4 heterocycles. The highest BCUT2D eigenvalue weighted by molar-refractivity contribution is 5.99. The van der Waals surface area contributed by atoms with Crippen LogP contribution in [0.5, 0.6) is 0 Å². The fourth-order valence-corrected chi connectivity index (χ4v) is 6.87. The van der Waals surface area contributed by atoms with Gasteiger partial charge in [0.2, 0.25) is 5.91 Å².